The number of thiazole rings is 1. The maximum absolute atomic E-state index is 12.0. The van der Waals surface area contributed by atoms with Gasteiger partial charge in [-0.15, -0.1) is 5.10 Å². The number of ether oxygens (including phenoxy) is 1. The minimum atomic E-state index is -0.216. The van der Waals surface area contributed by atoms with Gasteiger partial charge in [0.25, 0.3) is 0 Å². The second-order valence-electron chi connectivity index (χ2n) is 7.68. The monoisotopic (exact) mass is 472 g/mol. The number of fused-ring (bicyclic) bond motifs is 1. The van der Waals surface area contributed by atoms with E-state index in [1.165, 1.54) is 23.0 Å². The number of piperidine rings is 1. The number of hydrogen-bond acceptors (Lipinski definition) is 8. The topological polar surface area (TPSA) is 93.1 Å². The van der Waals surface area contributed by atoms with Crippen LogP contribution in [0.1, 0.15) is 29.3 Å². The van der Waals surface area contributed by atoms with E-state index in [2.05, 4.69) is 15.0 Å². The molecule has 166 valence electrons. The first-order chi connectivity index (χ1) is 15.5. The average Bonchev–Trinajstić information content (AvgIpc) is 3.54. The number of hydrogen-bond donors (Lipinski definition) is 1. The summed E-state index contributed by atoms with van der Waals surface area (Å²) >= 11 is 7.50. The lowest BCUT2D eigenvalue weighted by atomic mass is 9.94. The molecule has 1 N–H and O–H groups in total. The Kier molecular flexibility index (Phi) is 5.62. The first kappa shape index (κ1) is 21.0. The predicted octanol–water partition coefficient (Wildman–Crippen LogP) is 4.38. The SMILES string of the molecule is COC(=O)C1CCN([C@@H](c2ccc(Cl)cc2)c2sc3nc(-c4ccco4)nn3c2O)CC1. The predicted molar refractivity (Wildman–Crippen MR) is 120 cm³/mol. The molecule has 0 radical (unpaired) electrons. The number of carbonyl (C=O) groups is 1. The van der Waals surface area contributed by atoms with Gasteiger partial charge in [0, 0.05) is 5.02 Å². The van der Waals surface area contributed by atoms with Crippen LogP contribution in [0.2, 0.25) is 5.02 Å². The van der Waals surface area contributed by atoms with Crippen LogP contribution < -0.4 is 0 Å². The molecule has 0 amide bonds. The van der Waals surface area contributed by atoms with E-state index in [9.17, 15) is 9.90 Å². The molecule has 1 aliphatic heterocycles. The van der Waals surface area contributed by atoms with Gasteiger partial charge in [-0.05, 0) is 55.8 Å². The summed E-state index contributed by atoms with van der Waals surface area (Å²) < 4.78 is 11.7. The minimum Gasteiger partial charge on any atom is -0.492 e. The minimum absolute atomic E-state index is 0.0466. The quantitative estimate of drug-likeness (QED) is 0.431. The summed E-state index contributed by atoms with van der Waals surface area (Å²) in [6, 6.07) is 10.9. The van der Waals surface area contributed by atoms with Crippen molar-refractivity contribution < 1.29 is 19.1 Å². The molecule has 1 aromatic carbocycles. The van der Waals surface area contributed by atoms with Gasteiger partial charge in [0.1, 0.15) is 0 Å². The summed E-state index contributed by atoms with van der Waals surface area (Å²) in [5.74, 6) is 0.741. The van der Waals surface area contributed by atoms with Gasteiger partial charge < -0.3 is 14.3 Å². The lowest BCUT2D eigenvalue weighted by Crippen LogP contribution is -2.39. The van der Waals surface area contributed by atoms with Crippen molar-refractivity contribution in [2.45, 2.75) is 18.9 Å². The summed E-state index contributed by atoms with van der Waals surface area (Å²) in [7, 11) is 1.43. The van der Waals surface area contributed by atoms with Crippen LogP contribution in [-0.2, 0) is 9.53 Å². The van der Waals surface area contributed by atoms with E-state index >= 15 is 0 Å². The van der Waals surface area contributed by atoms with Gasteiger partial charge in [-0.2, -0.15) is 9.50 Å². The molecule has 10 heteroatoms. The molecule has 1 atom stereocenters. The van der Waals surface area contributed by atoms with Crippen LogP contribution in [0.3, 0.4) is 0 Å². The van der Waals surface area contributed by atoms with Crippen molar-refractivity contribution >= 4 is 33.9 Å². The van der Waals surface area contributed by atoms with E-state index < -0.39 is 0 Å². The lowest BCUT2D eigenvalue weighted by molar-refractivity contribution is -0.147. The molecule has 5 rings (SSSR count). The fourth-order valence-corrected chi connectivity index (χ4v) is 5.41. The second-order valence-corrected chi connectivity index (χ2v) is 9.13. The smallest absolute Gasteiger partial charge is 0.308 e. The van der Waals surface area contributed by atoms with Gasteiger partial charge >= 0.3 is 5.97 Å². The summed E-state index contributed by atoms with van der Waals surface area (Å²) in [4.78, 5) is 20.1. The largest absolute Gasteiger partial charge is 0.492 e. The van der Waals surface area contributed by atoms with Gasteiger partial charge in [0.05, 0.1) is 30.2 Å². The van der Waals surface area contributed by atoms with Crippen LogP contribution in [-0.4, -0.2) is 50.8 Å². The highest BCUT2D eigenvalue weighted by Crippen LogP contribution is 2.42. The third-order valence-corrected chi connectivity index (χ3v) is 7.13. The number of benzene rings is 1. The maximum atomic E-state index is 12.0. The van der Waals surface area contributed by atoms with Crippen LogP contribution in [0, 0.1) is 5.92 Å². The summed E-state index contributed by atoms with van der Waals surface area (Å²) in [5, 5.41) is 16.2. The molecule has 0 saturated carbocycles. The molecule has 3 aromatic heterocycles. The Morgan fingerprint density at radius 2 is 2.03 bits per heavy atom. The Morgan fingerprint density at radius 3 is 2.66 bits per heavy atom. The van der Waals surface area contributed by atoms with Gasteiger partial charge in [-0.1, -0.05) is 35.1 Å². The number of halogens is 1. The van der Waals surface area contributed by atoms with E-state index in [4.69, 9.17) is 20.8 Å². The van der Waals surface area contributed by atoms with Crippen LogP contribution in [0.4, 0.5) is 0 Å². The van der Waals surface area contributed by atoms with Crippen molar-refractivity contribution in [3.05, 3.63) is 58.1 Å². The molecular weight excluding hydrogens is 452 g/mol. The van der Waals surface area contributed by atoms with Crippen molar-refractivity contribution in [2.75, 3.05) is 20.2 Å². The number of aromatic hydroxyl groups is 1. The van der Waals surface area contributed by atoms with Gasteiger partial charge in [0.2, 0.25) is 16.7 Å². The average molecular weight is 473 g/mol. The maximum Gasteiger partial charge on any atom is 0.308 e. The fourth-order valence-electron chi connectivity index (χ4n) is 4.17. The number of rotatable bonds is 5. The molecule has 8 nitrogen and oxygen atoms in total. The first-order valence-electron chi connectivity index (χ1n) is 10.2. The lowest BCUT2D eigenvalue weighted by Gasteiger charge is -2.36. The Morgan fingerprint density at radius 1 is 1.28 bits per heavy atom. The van der Waals surface area contributed by atoms with E-state index in [0.717, 1.165) is 10.4 Å². The zero-order valence-corrected chi connectivity index (χ0v) is 18.8. The third-order valence-electron chi connectivity index (χ3n) is 5.80. The molecule has 0 unspecified atom stereocenters. The number of carbonyl (C=O) groups excluding carboxylic acids is 1. The van der Waals surface area contributed by atoms with Crippen molar-refractivity contribution in [1.82, 2.24) is 19.5 Å². The Hall–Kier alpha value is -2.88. The van der Waals surface area contributed by atoms with E-state index in [1.807, 2.05) is 24.3 Å². The highest BCUT2D eigenvalue weighted by Gasteiger charge is 2.34. The molecule has 32 heavy (non-hydrogen) atoms. The molecular formula is C22H21ClN4O4S. The van der Waals surface area contributed by atoms with Crippen LogP contribution in [0.15, 0.2) is 47.1 Å². The molecule has 1 fully saturated rings. The van der Waals surface area contributed by atoms with Crippen molar-refractivity contribution in [3.8, 4) is 17.5 Å². The number of likely N-dealkylation sites (tertiary alicyclic amines) is 1. The fraction of sp³-hybridized carbons (Fsp3) is 0.318. The van der Waals surface area contributed by atoms with Crippen molar-refractivity contribution in [3.63, 3.8) is 0 Å². The van der Waals surface area contributed by atoms with Gasteiger partial charge in [0.15, 0.2) is 5.76 Å². The number of esters is 1. The molecule has 0 spiro atoms. The van der Waals surface area contributed by atoms with Crippen LogP contribution in [0.25, 0.3) is 16.5 Å². The summed E-state index contributed by atoms with van der Waals surface area (Å²) in [6.45, 7) is 1.38. The second kappa shape index (κ2) is 8.57. The molecule has 0 bridgehead atoms. The normalized spacial score (nSPS) is 16.4. The van der Waals surface area contributed by atoms with E-state index in [-0.39, 0.29) is 23.8 Å². The highest BCUT2D eigenvalue weighted by atomic mass is 35.5. The third kappa shape index (κ3) is 3.76. The highest BCUT2D eigenvalue weighted by molar-refractivity contribution is 7.17. The zero-order chi connectivity index (χ0) is 22.2. The molecule has 1 aliphatic rings. The standard InChI is InChI=1S/C22H21ClN4O4S/c1-30-21(29)14-8-10-26(11-9-14)17(13-4-6-15(23)7-5-13)18-20(28)27-22(32-18)24-19(25-27)16-3-2-12-31-16/h2-7,12,14,17,28H,8-11H2,1H3/t17-/m0/s1. The molecule has 0 aliphatic carbocycles. The van der Waals surface area contributed by atoms with E-state index in [1.54, 1.807) is 18.4 Å². The molecule has 4 heterocycles. The number of furan rings is 1. The van der Waals surface area contributed by atoms with Gasteiger partial charge in [-0.25, -0.2) is 0 Å². The number of methoxy groups -OCH3 is 1. The molecule has 4 aromatic rings. The van der Waals surface area contributed by atoms with Crippen molar-refractivity contribution in [2.24, 2.45) is 5.92 Å². The summed E-state index contributed by atoms with van der Waals surface area (Å²) in [6.07, 6.45) is 2.95. The van der Waals surface area contributed by atoms with E-state index in [0.29, 0.717) is 47.5 Å². The number of aromatic nitrogens is 3. The first-order valence-corrected chi connectivity index (χ1v) is 11.4. The molecule has 1 saturated heterocycles. The van der Waals surface area contributed by atoms with Gasteiger partial charge in [-0.3, -0.25) is 9.69 Å². The Balaban J connectivity index is 1.51. The Labute approximate surface area is 193 Å². The zero-order valence-electron chi connectivity index (χ0n) is 17.3. The Bertz CT molecular complexity index is 1230. The van der Waals surface area contributed by atoms with Crippen molar-refractivity contribution in [1.29, 1.82) is 0 Å². The van der Waals surface area contributed by atoms with Crippen LogP contribution >= 0.6 is 22.9 Å². The number of nitrogens with zero attached hydrogens (tertiary/aromatic N) is 4. The summed E-state index contributed by atoms with van der Waals surface area (Å²) in [5.41, 5.74) is 0.997. The van der Waals surface area contributed by atoms with Crippen LogP contribution in [0.5, 0.6) is 5.88 Å².